The molecule has 1 amide bonds. The fourth-order valence-corrected chi connectivity index (χ4v) is 4.30. The Bertz CT molecular complexity index is 650. The number of halogens is 1. The summed E-state index contributed by atoms with van der Waals surface area (Å²) in [6.07, 6.45) is 3.03. The molecule has 1 aromatic carbocycles. The Kier molecular flexibility index (Phi) is 5.70. The molecule has 1 saturated heterocycles. The Labute approximate surface area is 143 Å². The minimum atomic E-state index is -3.70. The quantitative estimate of drug-likeness (QED) is 0.831. The number of piperidine rings is 1. The van der Waals surface area contributed by atoms with Crippen LogP contribution in [0.2, 0.25) is 5.02 Å². The van der Waals surface area contributed by atoms with Crippen LogP contribution >= 0.6 is 11.6 Å². The van der Waals surface area contributed by atoms with Gasteiger partial charge in [0.15, 0.2) is 0 Å². The number of hydrogen-bond donors (Lipinski definition) is 0. The lowest BCUT2D eigenvalue weighted by Crippen LogP contribution is -2.51. The summed E-state index contributed by atoms with van der Waals surface area (Å²) in [5, 5.41) is 0.471. The minimum absolute atomic E-state index is 0.136. The first-order valence-electron chi connectivity index (χ1n) is 7.76. The smallest absolute Gasteiger partial charge is 0.243 e. The number of sulfonamides is 1. The molecule has 0 radical (unpaired) electrons. The number of nitrogens with zero attached hydrogens (tertiary/aromatic N) is 2. The number of benzene rings is 1. The topological polar surface area (TPSA) is 57.7 Å². The van der Waals surface area contributed by atoms with Crippen molar-refractivity contribution in [2.75, 3.05) is 13.6 Å². The fourth-order valence-electron chi connectivity index (χ4n) is 3.06. The predicted molar refractivity (Wildman–Crippen MR) is 90.9 cm³/mol. The number of carbonyl (C=O) groups excluding carboxylic acids is 1. The van der Waals surface area contributed by atoms with E-state index in [0.29, 0.717) is 5.02 Å². The van der Waals surface area contributed by atoms with Crippen molar-refractivity contribution in [3.05, 3.63) is 29.3 Å². The molecule has 0 bridgehead atoms. The Morgan fingerprint density at radius 1 is 1.22 bits per heavy atom. The summed E-state index contributed by atoms with van der Waals surface area (Å²) in [7, 11) is -2.27. The lowest BCUT2D eigenvalue weighted by molar-refractivity contribution is -0.137. The van der Waals surface area contributed by atoms with Gasteiger partial charge in [-0.1, -0.05) is 11.6 Å². The molecular weight excluding hydrogens is 336 g/mol. The number of amides is 1. The molecule has 0 aromatic heterocycles. The molecule has 128 valence electrons. The highest BCUT2D eigenvalue weighted by Gasteiger charge is 2.31. The first-order valence-corrected chi connectivity index (χ1v) is 9.58. The Hall–Kier alpha value is -1.11. The van der Waals surface area contributed by atoms with Gasteiger partial charge in [-0.25, -0.2) is 8.42 Å². The summed E-state index contributed by atoms with van der Waals surface area (Å²) in [4.78, 5) is 14.5. The van der Waals surface area contributed by atoms with Gasteiger partial charge in [-0.2, -0.15) is 4.31 Å². The monoisotopic (exact) mass is 358 g/mol. The van der Waals surface area contributed by atoms with Gasteiger partial charge < -0.3 is 4.90 Å². The zero-order valence-electron chi connectivity index (χ0n) is 13.7. The van der Waals surface area contributed by atoms with Gasteiger partial charge in [0.05, 0.1) is 11.4 Å². The summed E-state index contributed by atoms with van der Waals surface area (Å²) in [6, 6.07) is 6.25. The summed E-state index contributed by atoms with van der Waals surface area (Å²) < 4.78 is 26.2. The Balaban J connectivity index is 2.12. The number of likely N-dealkylation sites (N-methyl/N-ethyl adjacent to an activating group) is 1. The molecule has 5 nitrogen and oxygen atoms in total. The highest BCUT2D eigenvalue weighted by molar-refractivity contribution is 7.89. The van der Waals surface area contributed by atoms with Crippen LogP contribution in [0, 0.1) is 0 Å². The second-order valence-corrected chi connectivity index (χ2v) is 8.63. The van der Waals surface area contributed by atoms with Crippen molar-refractivity contribution in [3.63, 3.8) is 0 Å². The molecule has 0 saturated carbocycles. The van der Waals surface area contributed by atoms with Crippen molar-refractivity contribution in [2.24, 2.45) is 0 Å². The van der Waals surface area contributed by atoms with Gasteiger partial charge in [0.1, 0.15) is 0 Å². The van der Waals surface area contributed by atoms with E-state index < -0.39 is 10.0 Å². The summed E-state index contributed by atoms with van der Waals surface area (Å²) >= 11 is 5.79. The predicted octanol–water partition coefficient (Wildman–Crippen LogP) is 2.75. The first-order chi connectivity index (χ1) is 10.7. The summed E-state index contributed by atoms with van der Waals surface area (Å²) in [5.41, 5.74) is 0. The second-order valence-electron chi connectivity index (χ2n) is 6.14. The third kappa shape index (κ3) is 4.05. The second kappa shape index (κ2) is 7.20. The highest BCUT2D eigenvalue weighted by Crippen LogP contribution is 2.23. The van der Waals surface area contributed by atoms with Crippen LogP contribution in [0.4, 0.5) is 0 Å². The molecule has 2 atom stereocenters. The summed E-state index contributed by atoms with van der Waals surface area (Å²) in [5.74, 6) is -0.148. The zero-order valence-corrected chi connectivity index (χ0v) is 15.3. The molecule has 7 heteroatoms. The van der Waals surface area contributed by atoms with Crippen molar-refractivity contribution in [3.8, 4) is 0 Å². The van der Waals surface area contributed by atoms with Gasteiger partial charge in [0.2, 0.25) is 15.9 Å². The van der Waals surface area contributed by atoms with Crippen molar-refractivity contribution < 1.29 is 13.2 Å². The maximum Gasteiger partial charge on any atom is 0.243 e. The van der Waals surface area contributed by atoms with E-state index in [1.54, 1.807) is 0 Å². The van der Waals surface area contributed by atoms with Crippen molar-refractivity contribution in [2.45, 2.75) is 50.1 Å². The van der Waals surface area contributed by atoms with Crippen LogP contribution < -0.4 is 0 Å². The van der Waals surface area contributed by atoms with Gasteiger partial charge in [-0.15, -0.1) is 0 Å². The molecule has 1 aliphatic rings. The molecule has 1 aromatic rings. The van der Waals surface area contributed by atoms with E-state index in [1.165, 1.54) is 31.3 Å². The average Bonchev–Trinajstić information content (AvgIpc) is 2.47. The van der Waals surface area contributed by atoms with Crippen molar-refractivity contribution in [1.29, 1.82) is 0 Å². The third-order valence-electron chi connectivity index (χ3n) is 4.36. The third-order valence-corrected chi connectivity index (χ3v) is 6.43. The standard InChI is InChI=1S/C16H23ClN2O3S/c1-12-5-4-6-13(2)19(12)16(20)11-18(3)23(21,22)15-9-7-14(17)8-10-15/h7-10,12-13H,4-6,11H2,1-3H3/t12-,13-/m0/s1. The van der Waals surface area contributed by atoms with E-state index in [9.17, 15) is 13.2 Å². The van der Waals surface area contributed by atoms with Crippen molar-refractivity contribution in [1.82, 2.24) is 9.21 Å². The Morgan fingerprint density at radius 3 is 2.26 bits per heavy atom. The number of hydrogen-bond acceptors (Lipinski definition) is 3. The molecule has 0 aliphatic carbocycles. The lowest BCUT2D eigenvalue weighted by Gasteiger charge is -2.39. The number of rotatable bonds is 4. The van der Waals surface area contributed by atoms with Crippen LogP contribution in [-0.4, -0.2) is 49.2 Å². The molecular formula is C16H23ClN2O3S. The maximum absolute atomic E-state index is 12.6. The van der Waals surface area contributed by atoms with E-state index in [1.807, 2.05) is 18.7 Å². The molecule has 2 rings (SSSR count). The van der Waals surface area contributed by atoms with Gasteiger partial charge in [-0.05, 0) is 57.4 Å². The Morgan fingerprint density at radius 2 is 1.74 bits per heavy atom. The fraction of sp³-hybridized carbons (Fsp3) is 0.562. The minimum Gasteiger partial charge on any atom is -0.336 e. The number of likely N-dealkylation sites (tertiary alicyclic amines) is 1. The molecule has 1 aliphatic heterocycles. The van der Waals surface area contributed by atoms with Crippen LogP contribution in [0.1, 0.15) is 33.1 Å². The molecule has 1 fully saturated rings. The number of carbonyl (C=O) groups is 1. The highest BCUT2D eigenvalue weighted by atomic mass is 35.5. The van der Waals surface area contributed by atoms with Crippen LogP contribution in [0.15, 0.2) is 29.2 Å². The normalized spacial score (nSPS) is 22.4. The van der Waals surface area contributed by atoms with E-state index in [-0.39, 0.29) is 29.4 Å². The average molecular weight is 359 g/mol. The van der Waals surface area contributed by atoms with Crippen molar-refractivity contribution >= 4 is 27.5 Å². The van der Waals surface area contributed by atoms with Gasteiger partial charge in [0.25, 0.3) is 0 Å². The van der Waals surface area contributed by atoms with E-state index >= 15 is 0 Å². The molecule has 0 unspecified atom stereocenters. The molecule has 0 spiro atoms. The lowest BCUT2D eigenvalue weighted by atomic mass is 9.97. The molecule has 1 heterocycles. The van der Waals surface area contributed by atoms with Gasteiger partial charge in [-0.3, -0.25) is 4.79 Å². The van der Waals surface area contributed by atoms with Crippen LogP contribution in [0.25, 0.3) is 0 Å². The largest absolute Gasteiger partial charge is 0.336 e. The molecule has 23 heavy (non-hydrogen) atoms. The van der Waals surface area contributed by atoms with E-state index in [0.717, 1.165) is 23.6 Å². The van der Waals surface area contributed by atoms with E-state index in [2.05, 4.69) is 0 Å². The zero-order chi connectivity index (χ0) is 17.2. The summed E-state index contributed by atoms with van der Waals surface area (Å²) in [6.45, 7) is 3.88. The van der Waals surface area contributed by atoms with E-state index in [4.69, 9.17) is 11.6 Å². The SMILES string of the molecule is C[C@H]1CCC[C@H](C)N1C(=O)CN(C)S(=O)(=O)c1ccc(Cl)cc1. The van der Waals surface area contributed by atoms with Gasteiger partial charge >= 0.3 is 0 Å². The van der Waals surface area contributed by atoms with Crippen LogP contribution in [0.3, 0.4) is 0 Å². The van der Waals surface area contributed by atoms with Gasteiger partial charge in [0, 0.05) is 24.2 Å². The first kappa shape index (κ1) is 18.2. The maximum atomic E-state index is 12.6. The molecule has 0 N–H and O–H groups in total. The van der Waals surface area contributed by atoms with Crippen LogP contribution in [-0.2, 0) is 14.8 Å². The van der Waals surface area contributed by atoms with Crippen LogP contribution in [0.5, 0.6) is 0 Å².